The van der Waals surface area contributed by atoms with Crippen LogP contribution >= 0.6 is 12.6 Å². The summed E-state index contributed by atoms with van der Waals surface area (Å²) in [5, 5.41) is 0.666. The second kappa shape index (κ2) is 16.3. The van der Waals surface area contributed by atoms with Crippen LogP contribution in [0.3, 0.4) is 0 Å². The highest BCUT2D eigenvalue weighted by molar-refractivity contribution is 7.81. The summed E-state index contributed by atoms with van der Waals surface area (Å²) in [6.45, 7) is 6.50. The number of rotatable bonds is 16. The summed E-state index contributed by atoms with van der Waals surface area (Å²) in [5.41, 5.74) is 0.602. The fourth-order valence-corrected chi connectivity index (χ4v) is 7.05. The molecule has 2 aliphatic rings. The molecule has 2 aliphatic carbocycles. The van der Waals surface area contributed by atoms with Crippen LogP contribution in [0.4, 0.5) is 0 Å². The van der Waals surface area contributed by atoms with E-state index in [1.807, 2.05) is 0 Å². The van der Waals surface area contributed by atoms with Gasteiger partial charge in [-0.2, -0.15) is 12.6 Å². The third kappa shape index (κ3) is 10.3. The van der Waals surface area contributed by atoms with E-state index in [4.69, 9.17) is 12.6 Å². The summed E-state index contributed by atoms with van der Waals surface area (Å²) in [6.07, 6.45) is 31.3. The van der Waals surface area contributed by atoms with Gasteiger partial charge in [0.25, 0.3) is 0 Å². The van der Waals surface area contributed by atoms with E-state index in [1.54, 1.807) is 0 Å². The van der Waals surface area contributed by atoms with E-state index in [2.05, 4.69) is 44.8 Å². The zero-order chi connectivity index (χ0) is 23.1. The average molecular weight is 459 g/mol. The SMILES string of the molecule is C/C=C\CCC1CC(S)C2(CCCCCCCCCCCCCC#CC(C)C)CCC1C2. The van der Waals surface area contributed by atoms with Crippen molar-refractivity contribution < 1.29 is 0 Å². The van der Waals surface area contributed by atoms with E-state index in [-0.39, 0.29) is 0 Å². The normalized spacial score (nSPS) is 27.2. The molecule has 0 spiro atoms. The molecule has 0 saturated heterocycles. The van der Waals surface area contributed by atoms with E-state index >= 15 is 0 Å². The Kier molecular flexibility index (Phi) is 14.2. The Morgan fingerprint density at radius 1 is 0.938 bits per heavy atom. The zero-order valence-electron chi connectivity index (χ0n) is 21.8. The predicted octanol–water partition coefficient (Wildman–Crippen LogP) is 10.2. The molecule has 0 N–H and O–H groups in total. The van der Waals surface area contributed by atoms with Crippen LogP contribution in [0.5, 0.6) is 0 Å². The molecular formula is C31H54S. The molecule has 2 rings (SSSR count). The Morgan fingerprint density at radius 3 is 2.19 bits per heavy atom. The topological polar surface area (TPSA) is 0 Å². The van der Waals surface area contributed by atoms with Gasteiger partial charge in [-0.3, -0.25) is 0 Å². The van der Waals surface area contributed by atoms with Gasteiger partial charge >= 0.3 is 0 Å². The molecule has 0 aromatic rings. The summed E-state index contributed by atoms with van der Waals surface area (Å²) >= 11 is 5.16. The molecule has 0 nitrogen and oxygen atoms in total. The standard InChI is InChI=1S/C31H54S/c1-4-5-17-21-28-25-30(32)31(24-22-29(28)26-31)23-19-16-14-12-10-8-6-7-9-11-13-15-18-20-27(2)3/h4-5,27-30,32H,6-17,19,21-26H2,1-3H3/b5-4-. The van der Waals surface area contributed by atoms with Gasteiger partial charge in [0.2, 0.25) is 0 Å². The van der Waals surface area contributed by atoms with Gasteiger partial charge in [-0.05, 0) is 75.5 Å². The molecule has 0 aromatic heterocycles. The zero-order valence-corrected chi connectivity index (χ0v) is 22.7. The first kappa shape index (κ1) is 27.9. The van der Waals surface area contributed by atoms with Gasteiger partial charge in [-0.15, -0.1) is 11.8 Å². The number of thiol groups is 1. The van der Waals surface area contributed by atoms with Crippen molar-refractivity contribution in [3.05, 3.63) is 12.2 Å². The third-order valence-corrected chi connectivity index (χ3v) is 9.15. The van der Waals surface area contributed by atoms with Crippen LogP contribution in [0.25, 0.3) is 0 Å². The lowest BCUT2D eigenvalue weighted by Crippen LogP contribution is -2.36. The molecule has 4 unspecified atom stereocenters. The van der Waals surface area contributed by atoms with Crippen LogP contribution < -0.4 is 0 Å². The van der Waals surface area contributed by atoms with Crippen molar-refractivity contribution >= 4 is 12.6 Å². The van der Waals surface area contributed by atoms with Crippen molar-refractivity contribution in [3.63, 3.8) is 0 Å². The molecule has 0 amide bonds. The van der Waals surface area contributed by atoms with Crippen LogP contribution in [0.15, 0.2) is 12.2 Å². The summed E-state index contributed by atoms with van der Waals surface area (Å²) < 4.78 is 0. The van der Waals surface area contributed by atoms with E-state index in [0.29, 0.717) is 16.6 Å². The Labute approximate surface area is 207 Å². The van der Waals surface area contributed by atoms with Crippen LogP contribution in [0.2, 0.25) is 0 Å². The van der Waals surface area contributed by atoms with Crippen molar-refractivity contribution in [2.75, 3.05) is 0 Å². The number of fused-ring (bicyclic) bond motifs is 2. The molecule has 0 radical (unpaired) electrons. The number of hydrogen-bond acceptors (Lipinski definition) is 1. The molecule has 184 valence electrons. The molecule has 0 aromatic carbocycles. The molecule has 1 heteroatoms. The molecular weight excluding hydrogens is 404 g/mol. The minimum Gasteiger partial charge on any atom is -0.175 e. The summed E-state index contributed by atoms with van der Waals surface area (Å²) in [4.78, 5) is 0. The molecule has 0 aliphatic heterocycles. The fraction of sp³-hybridized carbons (Fsp3) is 0.871. The summed E-state index contributed by atoms with van der Waals surface area (Å²) in [5.74, 6) is 9.06. The van der Waals surface area contributed by atoms with Crippen LogP contribution in [-0.4, -0.2) is 5.25 Å². The maximum absolute atomic E-state index is 5.16. The molecule has 4 atom stereocenters. The second-order valence-corrected chi connectivity index (χ2v) is 12.0. The molecule has 2 saturated carbocycles. The summed E-state index contributed by atoms with van der Waals surface area (Å²) in [7, 11) is 0. The van der Waals surface area contributed by atoms with Crippen molar-refractivity contribution in [3.8, 4) is 11.8 Å². The average Bonchev–Trinajstić information content (AvgIpc) is 3.16. The van der Waals surface area contributed by atoms with Crippen LogP contribution in [-0.2, 0) is 0 Å². The van der Waals surface area contributed by atoms with Crippen molar-refractivity contribution in [1.82, 2.24) is 0 Å². The first-order valence-corrected chi connectivity index (χ1v) is 14.9. The lowest BCUT2D eigenvalue weighted by Gasteiger charge is -2.42. The lowest BCUT2D eigenvalue weighted by atomic mass is 9.67. The van der Waals surface area contributed by atoms with E-state index < -0.39 is 0 Å². The first-order chi connectivity index (χ1) is 15.6. The number of allylic oxidation sites excluding steroid dienone is 2. The monoisotopic (exact) mass is 458 g/mol. The highest BCUT2D eigenvalue weighted by Crippen LogP contribution is 2.58. The van der Waals surface area contributed by atoms with Gasteiger partial charge in [0.1, 0.15) is 0 Å². The molecule has 2 fully saturated rings. The van der Waals surface area contributed by atoms with Crippen molar-refractivity contribution in [1.29, 1.82) is 0 Å². The second-order valence-electron chi connectivity index (χ2n) is 11.4. The van der Waals surface area contributed by atoms with E-state index in [0.717, 1.165) is 18.3 Å². The Balaban J connectivity index is 1.43. The fourth-order valence-electron chi connectivity index (χ4n) is 6.42. The minimum absolute atomic E-state index is 0.530. The lowest BCUT2D eigenvalue weighted by molar-refractivity contribution is 0.148. The van der Waals surface area contributed by atoms with Gasteiger partial charge in [0.15, 0.2) is 0 Å². The smallest absolute Gasteiger partial charge is 0.0146 e. The predicted molar refractivity (Wildman–Crippen MR) is 147 cm³/mol. The maximum Gasteiger partial charge on any atom is 0.0146 e. The largest absolute Gasteiger partial charge is 0.175 e. The first-order valence-electron chi connectivity index (χ1n) is 14.3. The van der Waals surface area contributed by atoms with Crippen LogP contribution in [0.1, 0.15) is 143 Å². The molecule has 2 bridgehead atoms. The Morgan fingerprint density at radius 2 is 1.56 bits per heavy atom. The molecule has 32 heavy (non-hydrogen) atoms. The van der Waals surface area contributed by atoms with E-state index in [1.165, 1.54) is 116 Å². The minimum atomic E-state index is 0.530. The van der Waals surface area contributed by atoms with Crippen LogP contribution in [0, 0.1) is 35.0 Å². The van der Waals surface area contributed by atoms with Crippen molar-refractivity contribution in [2.24, 2.45) is 23.2 Å². The number of unbranched alkanes of at least 4 members (excludes halogenated alkanes) is 11. The quantitative estimate of drug-likeness (QED) is 0.101. The van der Waals surface area contributed by atoms with Gasteiger partial charge in [0.05, 0.1) is 0 Å². The number of hydrogen-bond donors (Lipinski definition) is 1. The highest BCUT2D eigenvalue weighted by atomic mass is 32.1. The van der Waals surface area contributed by atoms with Gasteiger partial charge in [0, 0.05) is 17.6 Å². The summed E-state index contributed by atoms with van der Waals surface area (Å²) in [6, 6.07) is 0. The third-order valence-electron chi connectivity index (χ3n) is 8.39. The highest BCUT2D eigenvalue weighted by Gasteiger charge is 2.49. The molecule has 0 heterocycles. The van der Waals surface area contributed by atoms with Gasteiger partial charge in [-0.25, -0.2) is 0 Å². The van der Waals surface area contributed by atoms with Gasteiger partial charge in [-0.1, -0.05) is 90.2 Å². The Hall–Kier alpha value is -0.350. The van der Waals surface area contributed by atoms with Crippen molar-refractivity contribution in [2.45, 2.75) is 148 Å². The van der Waals surface area contributed by atoms with E-state index in [9.17, 15) is 0 Å². The van der Waals surface area contributed by atoms with Gasteiger partial charge < -0.3 is 0 Å². The Bertz CT molecular complexity index is 565. The maximum atomic E-state index is 5.16.